The van der Waals surface area contributed by atoms with E-state index in [1.165, 1.54) is 19.2 Å². The second-order valence-electron chi connectivity index (χ2n) is 3.85. The summed E-state index contributed by atoms with van der Waals surface area (Å²) < 4.78 is 4.80. The van der Waals surface area contributed by atoms with Crippen molar-refractivity contribution < 1.29 is 14.8 Å². The number of aliphatic hydroxyl groups is 1. The van der Waals surface area contributed by atoms with Gasteiger partial charge in [-0.15, -0.1) is 0 Å². The van der Waals surface area contributed by atoms with E-state index in [4.69, 9.17) is 16.3 Å². The van der Waals surface area contributed by atoms with Crippen LogP contribution in [0.15, 0.2) is 18.2 Å². The Hall–Kier alpha value is -1.37. The molecular weight excluding hydrogens is 260 g/mol. The van der Waals surface area contributed by atoms with Crippen molar-refractivity contribution in [2.75, 3.05) is 32.2 Å². The highest BCUT2D eigenvalue weighted by molar-refractivity contribution is 6.33. The SMILES string of the molecule is COCC(O)CN(C)c1c(Cl)cccc1[N+](=O)[O-]. The largest absolute Gasteiger partial charge is 0.389 e. The van der Waals surface area contributed by atoms with Gasteiger partial charge in [-0.1, -0.05) is 17.7 Å². The first-order valence-corrected chi connectivity index (χ1v) is 5.66. The maximum Gasteiger partial charge on any atom is 0.294 e. The lowest BCUT2D eigenvalue weighted by atomic mass is 10.2. The number of nitro benzene ring substituents is 1. The highest BCUT2D eigenvalue weighted by Crippen LogP contribution is 2.34. The third kappa shape index (κ3) is 3.56. The number of aliphatic hydroxyl groups excluding tert-OH is 1. The minimum absolute atomic E-state index is 0.0883. The van der Waals surface area contributed by atoms with Crippen LogP contribution in [0, 0.1) is 10.1 Å². The van der Waals surface area contributed by atoms with E-state index < -0.39 is 11.0 Å². The van der Waals surface area contributed by atoms with Crippen LogP contribution < -0.4 is 4.90 Å². The van der Waals surface area contributed by atoms with Crippen molar-refractivity contribution in [2.24, 2.45) is 0 Å². The van der Waals surface area contributed by atoms with Crippen LogP contribution in [0.25, 0.3) is 0 Å². The summed E-state index contributed by atoms with van der Waals surface area (Å²) in [6, 6.07) is 4.47. The van der Waals surface area contributed by atoms with E-state index in [0.29, 0.717) is 5.69 Å². The first kappa shape index (κ1) is 14.7. The topological polar surface area (TPSA) is 75.8 Å². The summed E-state index contributed by atoms with van der Waals surface area (Å²) in [6.07, 6.45) is -0.740. The van der Waals surface area contributed by atoms with Crippen molar-refractivity contribution in [3.05, 3.63) is 33.3 Å². The molecule has 1 N–H and O–H groups in total. The molecule has 0 amide bonds. The molecule has 100 valence electrons. The molecule has 1 unspecified atom stereocenters. The fourth-order valence-electron chi connectivity index (χ4n) is 1.68. The van der Waals surface area contributed by atoms with Gasteiger partial charge in [0.1, 0.15) is 5.69 Å². The number of halogens is 1. The summed E-state index contributed by atoms with van der Waals surface area (Å²) in [5.41, 5.74) is 0.203. The fourth-order valence-corrected chi connectivity index (χ4v) is 2.00. The van der Waals surface area contributed by atoms with E-state index in [9.17, 15) is 15.2 Å². The Kier molecular flexibility index (Phi) is 5.33. The lowest BCUT2D eigenvalue weighted by Crippen LogP contribution is -2.32. The first-order valence-electron chi connectivity index (χ1n) is 5.28. The molecule has 6 nitrogen and oxygen atoms in total. The van der Waals surface area contributed by atoms with Gasteiger partial charge in [-0.05, 0) is 6.07 Å². The zero-order valence-electron chi connectivity index (χ0n) is 10.2. The molecule has 0 heterocycles. The maximum atomic E-state index is 10.9. The Balaban J connectivity index is 2.97. The summed E-state index contributed by atoms with van der Waals surface area (Å²) >= 11 is 5.97. The van der Waals surface area contributed by atoms with Gasteiger partial charge in [0.25, 0.3) is 5.69 Å². The second kappa shape index (κ2) is 6.53. The van der Waals surface area contributed by atoms with Crippen molar-refractivity contribution in [3.8, 4) is 0 Å². The minimum atomic E-state index is -0.740. The van der Waals surface area contributed by atoms with Crippen molar-refractivity contribution in [1.82, 2.24) is 0 Å². The molecule has 0 aliphatic rings. The lowest BCUT2D eigenvalue weighted by Gasteiger charge is -2.23. The molecule has 1 aromatic carbocycles. The van der Waals surface area contributed by atoms with Crippen molar-refractivity contribution >= 4 is 23.0 Å². The van der Waals surface area contributed by atoms with E-state index in [-0.39, 0.29) is 23.9 Å². The maximum absolute atomic E-state index is 10.9. The number of ether oxygens (including phenoxy) is 1. The summed E-state index contributed by atoms with van der Waals surface area (Å²) in [7, 11) is 3.11. The summed E-state index contributed by atoms with van der Waals surface area (Å²) in [5, 5.41) is 20.8. The molecule has 1 atom stereocenters. The second-order valence-corrected chi connectivity index (χ2v) is 4.26. The zero-order valence-corrected chi connectivity index (χ0v) is 10.9. The van der Waals surface area contributed by atoms with Gasteiger partial charge in [0.15, 0.2) is 0 Å². The predicted octanol–water partition coefficient (Wildman–Crippen LogP) is 1.69. The molecule has 1 rings (SSSR count). The fraction of sp³-hybridized carbons (Fsp3) is 0.455. The van der Waals surface area contributed by atoms with E-state index in [2.05, 4.69) is 0 Å². The van der Waals surface area contributed by atoms with Gasteiger partial charge in [-0.25, -0.2) is 0 Å². The van der Waals surface area contributed by atoms with E-state index in [0.717, 1.165) is 0 Å². The van der Waals surface area contributed by atoms with Gasteiger partial charge in [0, 0.05) is 26.8 Å². The highest BCUT2D eigenvalue weighted by Gasteiger charge is 2.21. The molecule has 0 aliphatic heterocycles. The van der Waals surface area contributed by atoms with Crippen LogP contribution in [0.1, 0.15) is 0 Å². The molecular formula is C11H15ClN2O4. The molecule has 1 aromatic rings. The zero-order chi connectivity index (χ0) is 13.7. The van der Waals surface area contributed by atoms with Crippen LogP contribution in [0.3, 0.4) is 0 Å². The molecule has 7 heteroatoms. The number of methoxy groups -OCH3 is 1. The van der Waals surface area contributed by atoms with Gasteiger partial charge >= 0.3 is 0 Å². The first-order chi connectivity index (χ1) is 8.47. The van der Waals surface area contributed by atoms with Crippen LogP contribution in [-0.4, -0.2) is 43.4 Å². The average molecular weight is 275 g/mol. The predicted molar refractivity (Wildman–Crippen MR) is 69.3 cm³/mol. The number of hydrogen-bond acceptors (Lipinski definition) is 5. The van der Waals surface area contributed by atoms with Crippen LogP contribution in [-0.2, 0) is 4.74 Å². The quantitative estimate of drug-likeness (QED) is 0.631. The molecule has 18 heavy (non-hydrogen) atoms. The van der Waals surface area contributed by atoms with Crippen molar-refractivity contribution in [1.29, 1.82) is 0 Å². The van der Waals surface area contributed by atoms with Gasteiger partial charge in [-0.2, -0.15) is 0 Å². The Morgan fingerprint density at radius 2 is 2.28 bits per heavy atom. The number of likely N-dealkylation sites (N-methyl/N-ethyl adjacent to an activating group) is 1. The number of benzene rings is 1. The number of nitro groups is 1. The summed E-state index contributed by atoms with van der Waals surface area (Å²) in [6.45, 7) is 0.348. The van der Waals surface area contributed by atoms with E-state index >= 15 is 0 Å². The number of hydrogen-bond donors (Lipinski definition) is 1. The van der Waals surface area contributed by atoms with Crippen molar-refractivity contribution in [3.63, 3.8) is 0 Å². The number of para-hydroxylation sites is 1. The number of nitrogens with zero attached hydrogens (tertiary/aromatic N) is 2. The smallest absolute Gasteiger partial charge is 0.294 e. The Labute approximate surface area is 110 Å². The minimum Gasteiger partial charge on any atom is -0.389 e. The van der Waals surface area contributed by atoms with Crippen molar-refractivity contribution in [2.45, 2.75) is 6.10 Å². The van der Waals surface area contributed by atoms with Crippen LogP contribution >= 0.6 is 11.6 Å². The lowest BCUT2D eigenvalue weighted by molar-refractivity contribution is -0.384. The molecule has 0 aliphatic carbocycles. The van der Waals surface area contributed by atoms with Gasteiger partial charge in [0.05, 0.1) is 22.7 Å². The van der Waals surface area contributed by atoms with E-state index in [1.54, 1.807) is 18.0 Å². The number of anilines is 1. The molecule has 0 radical (unpaired) electrons. The third-order valence-corrected chi connectivity index (χ3v) is 2.69. The monoisotopic (exact) mass is 274 g/mol. The van der Waals surface area contributed by atoms with Crippen LogP contribution in [0.2, 0.25) is 5.02 Å². The molecule has 0 fully saturated rings. The summed E-state index contributed by atoms with van der Waals surface area (Å²) in [5.74, 6) is 0. The number of rotatable bonds is 6. The molecule has 0 aromatic heterocycles. The standard InChI is InChI=1S/C11H15ClN2O4/c1-13(6-8(15)7-18-2)11-9(12)4-3-5-10(11)14(16)17/h3-5,8,15H,6-7H2,1-2H3. The van der Waals surface area contributed by atoms with E-state index in [1.807, 2.05) is 0 Å². The Morgan fingerprint density at radius 3 is 2.83 bits per heavy atom. The summed E-state index contributed by atoms with van der Waals surface area (Å²) in [4.78, 5) is 12.0. The Bertz CT molecular complexity index is 428. The molecule has 0 saturated heterocycles. The average Bonchev–Trinajstić information content (AvgIpc) is 2.28. The van der Waals surface area contributed by atoms with Gasteiger partial charge < -0.3 is 14.7 Å². The van der Waals surface area contributed by atoms with Crippen LogP contribution in [0.5, 0.6) is 0 Å². The van der Waals surface area contributed by atoms with Gasteiger partial charge in [-0.3, -0.25) is 10.1 Å². The third-order valence-electron chi connectivity index (χ3n) is 2.39. The normalized spacial score (nSPS) is 12.2. The molecule has 0 saturated carbocycles. The van der Waals surface area contributed by atoms with Gasteiger partial charge in [0.2, 0.25) is 0 Å². The Morgan fingerprint density at radius 1 is 1.61 bits per heavy atom. The highest BCUT2D eigenvalue weighted by atomic mass is 35.5. The van der Waals surface area contributed by atoms with Crippen LogP contribution in [0.4, 0.5) is 11.4 Å². The molecule has 0 bridgehead atoms. The molecule has 0 spiro atoms.